The molecule has 2 aliphatic rings. The highest BCUT2D eigenvalue weighted by atomic mass is 32.2. The third-order valence-corrected chi connectivity index (χ3v) is 6.71. The van der Waals surface area contributed by atoms with Crippen molar-refractivity contribution in [1.82, 2.24) is 9.97 Å². The van der Waals surface area contributed by atoms with Crippen LogP contribution in [0.15, 0.2) is 45.5 Å². The van der Waals surface area contributed by atoms with Gasteiger partial charge in [0, 0.05) is 41.0 Å². The summed E-state index contributed by atoms with van der Waals surface area (Å²) in [5.74, 6) is -0.139. The number of nitrogens with one attached hydrogen (secondary N) is 2. The van der Waals surface area contributed by atoms with E-state index in [1.54, 1.807) is 12.1 Å². The predicted molar refractivity (Wildman–Crippen MR) is 115 cm³/mol. The molecule has 0 radical (unpaired) electrons. The van der Waals surface area contributed by atoms with Crippen molar-refractivity contribution in [2.24, 2.45) is 0 Å². The van der Waals surface area contributed by atoms with Gasteiger partial charge >= 0.3 is 0 Å². The van der Waals surface area contributed by atoms with Crippen LogP contribution in [-0.2, 0) is 4.79 Å². The van der Waals surface area contributed by atoms with Gasteiger partial charge in [-0.05, 0) is 24.8 Å². The zero-order chi connectivity index (χ0) is 21.4. The first-order valence-corrected chi connectivity index (χ1v) is 10.9. The summed E-state index contributed by atoms with van der Waals surface area (Å²) in [4.78, 5) is 44.0. The second-order valence-corrected chi connectivity index (χ2v) is 8.97. The molecule has 8 nitrogen and oxygen atoms in total. The van der Waals surface area contributed by atoms with Crippen LogP contribution in [-0.4, -0.2) is 25.9 Å². The summed E-state index contributed by atoms with van der Waals surface area (Å²) in [5.41, 5.74) is 2.07. The van der Waals surface area contributed by atoms with Crippen LogP contribution >= 0.6 is 11.8 Å². The highest BCUT2D eigenvalue weighted by molar-refractivity contribution is 7.99. The molecule has 1 aliphatic heterocycles. The molecular weight excluding hydrogens is 404 g/mol. The van der Waals surface area contributed by atoms with Crippen molar-refractivity contribution < 1.29 is 9.72 Å². The molecular formula is C21H22N4O4S. The van der Waals surface area contributed by atoms with Crippen molar-refractivity contribution in [3.8, 4) is 0 Å². The number of fused-ring (bicyclic) bond motifs is 1. The molecule has 0 unspecified atom stereocenters. The van der Waals surface area contributed by atoms with Gasteiger partial charge in [0.1, 0.15) is 5.82 Å². The number of rotatable bonds is 5. The van der Waals surface area contributed by atoms with E-state index < -0.39 is 10.8 Å². The van der Waals surface area contributed by atoms with Gasteiger partial charge in [-0.3, -0.25) is 19.7 Å². The van der Waals surface area contributed by atoms with E-state index in [9.17, 15) is 19.7 Å². The molecule has 0 bridgehead atoms. The fourth-order valence-electron chi connectivity index (χ4n) is 3.89. The number of nitrogens with zero attached hydrogens (tertiary/aromatic N) is 2. The molecule has 1 aliphatic carbocycles. The van der Waals surface area contributed by atoms with Gasteiger partial charge in [0.2, 0.25) is 0 Å². The molecule has 0 saturated heterocycles. The van der Waals surface area contributed by atoms with E-state index in [4.69, 9.17) is 0 Å². The average Bonchev–Trinajstić information content (AvgIpc) is 2.72. The van der Waals surface area contributed by atoms with E-state index >= 15 is 0 Å². The Labute approximate surface area is 177 Å². The number of carbonyl (C=O) groups excluding carboxylic acids is 1. The standard InChI is InChI=1S/C21H22N4O4S/c1-3-11(2)30-21-23-19-18(20(27)24-21)16(12-7-9-13(10-8-12)25(28)29)17-14(22-19)5-4-6-15(17)26/h7-11,16H,3-6H2,1-2H3,(H2,22,23,24,27)/t11-,16-/m1/s1. The van der Waals surface area contributed by atoms with Crippen LogP contribution in [0.3, 0.4) is 0 Å². The Morgan fingerprint density at radius 1 is 1.27 bits per heavy atom. The molecule has 4 rings (SSSR count). The number of H-pyrrole nitrogens is 1. The van der Waals surface area contributed by atoms with Crippen LogP contribution in [0.4, 0.5) is 11.5 Å². The Morgan fingerprint density at radius 3 is 2.67 bits per heavy atom. The SMILES string of the molecule is CC[C@@H](C)Sc1nc2c(c(=O)[nH]1)[C@H](c1ccc([N+](=O)[O-])cc1)C1=C(CCCC1=O)N2. The first kappa shape index (κ1) is 20.3. The third-order valence-electron chi connectivity index (χ3n) is 5.56. The number of allylic oxidation sites excluding steroid dienone is 2. The summed E-state index contributed by atoms with van der Waals surface area (Å²) in [6.07, 6.45) is 2.80. The van der Waals surface area contributed by atoms with Crippen LogP contribution in [0, 0.1) is 10.1 Å². The molecule has 2 aromatic rings. The number of aromatic amines is 1. The molecule has 1 aromatic carbocycles. The van der Waals surface area contributed by atoms with E-state index in [0.29, 0.717) is 45.8 Å². The first-order valence-electron chi connectivity index (χ1n) is 9.97. The first-order chi connectivity index (χ1) is 14.4. The number of carbonyl (C=O) groups is 1. The van der Waals surface area contributed by atoms with E-state index in [1.165, 1.54) is 23.9 Å². The number of non-ortho nitro benzene ring substituents is 1. The van der Waals surface area contributed by atoms with Gasteiger partial charge in [0.25, 0.3) is 11.2 Å². The maximum atomic E-state index is 13.1. The number of anilines is 1. The van der Waals surface area contributed by atoms with Crippen molar-refractivity contribution in [3.05, 3.63) is 67.1 Å². The zero-order valence-electron chi connectivity index (χ0n) is 16.7. The Kier molecular flexibility index (Phi) is 5.46. The van der Waals surface area contributed by atoms with Crippen LogP contribution in [0.1, 0.15) is 56.6 Å². The molecule has 30 heavy (non-hydrogen) atoms. The molecule has 1 aromatic heterocycles. The predicted octanol–water partition coefficient (Wildman–Crippen LogP) is 4.13. The van der Waals surface area contributed by atoms with E-state index in [1.807, 2.05) is 0 Å². The summed E-state index contributed by atoms with van der Waals surface area (Å²) in [5, 5.41) is 15.1. The van der Waals surface area contributed by atoms with Crippen molar-refractivity contribution in [1.29, 1.82) is 0 Å². The Morgan fingerprint density at radius 2 is 2.00 bits per heavy atom. The van der Waals surface area contributed by atoms with Gasteiger partial charge in [-0.1, -0.05) is 37.7 Å². The third kappa shape index (κ3) is 3.65. The highest BCUT2D eigenvalue weighted by Crippen LogP contribution is 2.43. The number of ketones is 1. The van der Waals surface area contributed by atoms with Gasteiger partial charge in [-0.15, -0.1) is 0 Å². The topological polar surface area (TPSA) is 118 Å². The smallest absolute Gasteiger partial charge is 0.269 e. The fourth-order valence-corrected chi connectivity index (χ4v) is 4.74. The van der Waals surface area contributed by atoms with Gasteiger partial charge in [0.05, 0.1) is 10.5 Å². The quantitative estimate of drug-likeness (QED) is 0.319. The zero-order valence-corrected chi connectivity index (χ0v) is 17.5. The van der Waals surface area contributed by atoms with Crippen LogP contribution in [0.5, 0.6) is 0 Å². The minimum Gasteiger partial charge on any atom is -0.343 e. The summed E-state index contributed by atoms with van der Waals surface area (Å²) >= 11 is 1.50. The minimum absolute atomic E-state index is 0.00444. The monoisotopic (exact) mass is 426 g/mol. The molecule has 9 heteroatoms. The molecule has 156 valence electrons. The van der Waals surface area contributed by atoms with Gasteiger partial charge < -0.3 is 10.3 Å². The Hall–Kier alpha value is -2.94. The van der Waals surface area contributed by atoms with Crippen molar-refractivity contribution >= 4 is 29.1 Å². The molecule has 2 atom stereocenters. The highest BCUT2D eigenvalue weighted by Gasteiger charge is 2.38. The fraction of sp³-hybridized carbons (Fsp3) is 0.381. The molecule has 0 saturated carbocycles. The van der Waals surface area contributed by atoms with Gasteiger partial charge in [-0.2, -0.15) is 0 Å². The van der Waals surface area contributed by atoms with Crippen LogP contribution in [0.25, 0.3) is 0 Å². The molecule has 2 N–H and O–H groups in total. The largest absolute Gasteiger partial charge is 0.343 e. The maximum Gasteiger partial charge on any atom is 0.269 e. The maximum absolute atomic E-state index is 13.1. The lowest BCUT2D eigenvalue weighted by atomic mass is 9.76. The van der Waals surface area contributed by atoms with E-state index in [0.717, 1.165) is 18.5 Å². The lowest BCUT2D eigenvalue weighted by molar-refractivity contribution is -0.384. The van der Waals surface area contributed by atoms with Gasteiger partial charge in [-0.25, -0.2) is 4.98 Å². The number of hydrogen-bond donors (Lipinski definition) is 2. The lowest BCUT2D eigenvalue weighted by Gasteiger charge is -2.32. The molecule has 0 amide bonds. The second-order valence-electron chi connectivity index (χ2n) is 7.55. The Balaban J connectivity index is 1.86. The lowest BCUT2D eigenvalue weighted by Crippen LogP contribution is -2.32. The van der Waals surface area contributed by atoms with Crippen molar-refractivity contribution in [2.45, 2.75) is 55.9 Å². The number of nitro benzene ring substituents is 1. The normalized spacial score (nSPS) is 19.0. The second kappa shape index (κ2) is 8.06. The minimum atomic E-state index is -0.594. The Bertz CT molecular complexity index is 1110. The summed E-state index contributed by atoms with van der Waals surface area (Å²) in [6, 6.07) is 6.04. The van der Waals surface area contributed by atoms with Crippen molar-refractivity contribution in [2.75, 3.05) is 5.32 Å². The number of hydrogen-bond acceptors (Lipinski definition) is 7. The molecule has 0 fully saturated rings. The summed E-state index contributed by atoms with van der Waals surface area (Å²) in [7, 11) is 0. The van der Waals surface area contributed by atoms with Crippen LogP contribution < -0.4 is 10.9 Å². The van der Waals surface area contributed by atoms with E-state index in [2.05, 4.69) is 29.1 Å². The van der Waals surface area contributed by atoms with Gasteiger partial charge in [0.15, 0.2) is 10.9 Å². The summed E-state index contributed by atoms with van der Waals surface area (Å²) < 4.78 is 0. The summed E-state index contributed by atoms with van der Waals surface area (Å²) in [6.45, 7) is 4.14. The number of thioether (sulfide) groups is 1. The average molecular weight is 426 g/mol. The number of benzene rings is 1. The molecule has 2 heterocycles. The number of Topliss-reactive ketones (excluding diaryl/α,β-unsaturated/α-hetero) is 1. The van der Waals surface area contributed by atoms with Crippen LogP contribution in [0.2, 0.25) is 0 Å². The number of aromatic nitrogens is 2. The molecule has 0 spiro atoms. The van der Waals surface area contributed by atoms with E-state index in [-0.39, 0.29) is 17.0 Å². The number of nitro groups is 1. The van der Waals surface area contributed by atoms with Crippen molar-refractivity contribution in [3.63, 3.8) is 0 Å².